The van der Waals surface area contributed by atoms with Crippen molar-refractivity contribution in [2.24, 2.45) is 0 Å². The Morgan fingerprint density at radius 1 is 0.882 bits per heavy atom. The fraction of sp³-hybridized carbons (Fsp3) is 0.148. The Labute approximate surface area is 198 Å². The fourth-order valence-electron chi connectivity index (χ4n) is 3.50. The van der Waals surface area contributed by atoms with E-state index in [4.69, 9.17) is 4.74 Å². The van der Waals surface area contributed by atoms with Crippen LogP contribution in [-0.4, -0.2) is 28.5 Å². The lowest BCUT2D eigenvalue weighted by Gasteiger charge is -2.08. The van der Waals surface area contributed by atoms with Crippen LogP contribution in [0.5, 0.6) is 5.75 Å². The minimum absolute atomic E-state index is 0.207. The third-order valence-electron chi connectivity index (χ3n) is 5.37. The van der Waals surface area contributed by atoms with Crippen LogP contribution in [0.15, 0.2) is 85.3 Å². The van der Waals surface area contributed by atoms with E-state index in [1.165, 1.54) is 0 Å². The standard InChI is InChI=1S/C27H26N4O3/c1-3-19-6-4-8-23(14-19)30-27(33)25-17-31(18-28-25)16-20-10-12-22(13-11-20)29-26(32)21-7-5-9-24(15-21)34-2/h4-15,17-18H,3,16H2,1-2H3,(H,29,32)(H,30,33). The molecule has 0 saturated carbocycles. The number of rotatable bonds is 8. The van der Waals surface area contributed by atoms with Gasteiger partial charge >= 0.3 is 0 Å². The van der Waals surface area contributed by atoms with Gasteiger partial charge in [0.05, 0.1) is 13.4 Å². The first-order valence-electron chi connectivity index (χ1n) is 11.0. The number of imidazole rings is 1. The molecule has 2 N–H and O–H groups in total. The quantitative estimate of drug-likeness (QED) is 0.392. The number of nitrogens with zero attached hydrogens (tertiary/aromatic N) is 2. The molecule has 0 aliphatic carbocycles. The van der Waals surface area contributed by atoms with Crippen molar-refractivity contribution in [1.82, 2.24) is 9.55 Å². The van der Waals surface area contributed by atoms with Gasteiger partial charge in [-0.25, -0.2) is 4.98 Å². The first kappa shape index (κ1) is 22.8. The molecule has 0 bridgehead atoms. The van der Waals surface area contributed by atoms with Crippen LogP contribution in [0.25, 0.3) is 0 Å². The Kier molecular flexibility index (Phi) is 7.03. The fourth-order valence-corrected chi connectivity index (χ4v) is 3.50. The summed E-state index contributed by atoms with van der Waals surface area (Å²) in [6.45, 7) is 2.62. The number of ether oxygens (including phenoxy) is 1. The summed E-state index contributed by atoms with van der Waals surface area (Å²) in [7, 11) is 1.57. The summed E-state index contributed by atoms with van der Waals surface area (Å²) in [5.74, 6) is 0.176. The number of benzene rings is 3. The molecule has 0 fully saturated rings. The number of aryl methyl sites for hydroxylation is 1. The van der Waals surface area contributed by atoms with Crippen LogP contribution >= 0.6 is 0 Å². The number of aromatic nitrogens is 2. The van der Waals surface area contributed by atoms with Crippen molar-refractivity contribution >= 4 is 23.2 Å². The smallest absolute Gasteiger partial charge is 0.275 e. The van der Waals surface area contributed by atoms with Gasteiger partial charge in [0.15, 0.2) is 0 Å². The highest BCUT2D eigenvalue weighted by Crippen LogP contribution is 2.17. The summed E-state index contributed by atoms with van der Waals surface area (Å²) in [6.07, 6.45) is 4.26. The molecule has 4 rings (SSSR count). The summed E-state index contributed by atoms with van der Waals surface area (Å²) < 4.78 is 7.02. The summed E-state index contributed by atoms with van der Waals surface area (Å²) in [5.41, 5.74) is 4.49. The predicted octanol–water partition coefficient (Wildman–Crippen LogP) is 5.01. The second kappa shape index (κ2) is 10.5. The van der Waals surface area contributed by atoms with Crippen molar-refractivity contribution in [1.29, 1.82) is 0 Å². The molecule has 0 radical (unpaired) electrons. The molecule has 0 aliphatic heterocycles. The van der Waals surface area contributed by atoms with Crippen LogP contribution < -0.4 is 15.4 Å². The van der Waals surface area contributed by atoms with Crippen LogP contribution in [-0.2, 0) is 13.0 Å². The van der Waals surface area contributed by atoms with E-state index in [2.05, 4.69) is 22.5 Å². The van der Waals surface area contributed by atoms with Crippen molar-refractivity contribution in [2.75, 3.05) is 17.7 Å². The van der Waals surface area contributed by atoms with Crippen molar-refractivity contribution in [3.8, 4) is 5.75 Å². The molecular weight excluding hydrogens is 428 g/mol. The molecule has 34 heavy (non-hydrogen) atoms. The summed E-state index contributed by atoms with van der Waals surface area (Å²) in [4.78, 5) is 29.3. The number of hydrogen-bond donors (Lipinski definition) is 2. The van der Waals surface area contributed by atoms with Crippen LogP contribution in [0.4, 0.5) is 11.4 Å². The number of anilines is 2. The van der Waals surface area contributed by atoms with Crippen molar-refractivity contribution in [3.05, 3.63) is 108 Å². The van der Waals surface area contributed by atoms with Gasteiger partial charge in [0, 0.05) is 29.7 Å². The highest BCUT2D eigenvalue weighted by atomic mass is 16.5. The maximum atomic E-state index is 12.5. The van der Waals surface area contributed by atoms with Gasteiger partial charge in [0.25, 0.3) is 11.8 Å². The Balaban J connectivity index is 1.35. The highest BCUT2D eigenvalue weighted by Gasteiger charge is 2.11. The van der Waals surface area contributed by atoms with Gasteiger partial charge < -0.3 is 19.9 Å². The summed E-state index contributed by atoms with van der Waals surface area (Å²) in [6, 6.07) is 22.3. The van der Waals surface area contributed by atoms with Crippen LogP contribution in [0.2, 0.25) is 0 Å². The van der Waals surface area contributed by atoms with Gasteiger partial charge in [-0.3, -0.25) is 9.59 Å². The van der Waals surface area contributed by atoms with Gasteiger partial charge in [-0.05, 0) is 60.0 Å². The molecule has 3 aromatic carbocycles. The van der Waals surface area contributed by atoms with E-state index in [1.54, 1.807) is 43.9 Å². The normalized spacial score (nSPS) is 10.5. The first-order chi connectivity index (χ1) is 16.5. The van der Waals surface area contributed by atoms with E-state index in [1.807, 2.05) is 53.1 Å². The molecule has 1 aromatic heterocycles. The summed E-state index contributed by atoms with van der Waals surface area (Å²) in [5, 5.41) is 5.78. The molecular formula is C27H26N4O3. The lowest BCUT2D eigenvalue weighted by molar-refractivity contribution is 0.101. The van der Waals surface area contributed by atoms with Crippen molar-refractivity contribution in [3.63, 3.8) is 0 Å². The number of nitrogens with one attached hydrogen (secondary N) is 2. The molecule has 0 atom stereocenters. The van der Waals surface area contributed by atoms with E-state index < -0.39 is 0 Å². The Morgan fingerprint density at radius 2 is 1.65 bits per heavy atom. The van der Waals surface area contributed by atoms with E-state index >= 15 is 0 Å². The third kappa shape index (κ3) is 5.69. The molecule has 172 valence electrons. The second-order valence-corrected chi connectivity index (χ2v) is 7.82. The lowest BCUT2D eigenvalue weighted by Crippen LogP contribution is -2.12. The van der Waals surface area contributed by atoms with E-state index in [0.717, 1.165) is 23.2 Å². The van der Waals surface area contributed by atoms with Crippen molar-refractivity contribution in [2.45, 2.75) is 19.9 Å². The molecule has 1 heterocycles. The molecule has 0 unspecified atom stereocenters. The zero-order chi connectivity index (χ0) is 23.9. The van der Waals surface area contributed by atoms with Crippen LogP contribution in [0.1, 0.15) is 38.9 Å². The van der Waals surface area contributed by atoms with E-state index in [-0.39, 0.29) is 11.8 Å². The third-order valence-corrected chi connectivity index (χ3v) is 5.37. The Morgan fingerprint density at radius 3 is 2.41 bits per heavy atom. The average Bonchev–Trinajstić information content (AvgIpc) is 3.34. The SMILES string of the molecule is CCc1cccc(NC(=O)c2cn(Cc3ccc(NC(=O)c4cccc(OC)c4)cc3)cn2)c1. The first-order valence-corrected chi connectivity index (χ1v) is 11.0. The molecule has 0 spiro atoms. The Bertz CT molecular complexity index is 1300. The number of carbonyl (C=O) groups excluding carboxylic acids is 2. The molecule has 7 heteroatoms. The zero-order valence-corrected chi connectivity index (χ0v) is 19.1. The van der Waals surface area contributed by atoms with Gasteiger partial charge in [-0.1, -0.05) is 37.3 Å². The monoisotopic (exact) mass is 454 g/mol. The number of methoxy groups -OCH3 is 1. The minimum atomic E-state index is -0.248. The molecule has 7 nitrogen and oxygen atoms in total. The molecule has 4 aromatic rings. The zero-order valence-electron chi connectivity index (χ0n) is 19.1. The topological polar surface area (TPSA) is 85.2 Å². The Hall–Kier alpha value is -4.39. The van der Waals surface area contributed by atoms with Crippen molar-refractivity contribution < 1.29 is 14.3 Å². The van der Waals surface area contributed by atoms with E-state index in [9.17, 15) is 9.59 Å². The number of amides is 2. The predicted molar refractivity (Wildman–Crippen MR) is 132 cm³/mol. The largest absolute Gasteiger partial charge is 0.497 e. The summed E-state index contributed by atoms with van der Waals surface area (Å²) >= 11 is 0. The molecule has 0 aliphatic rings. The van der Waals surface area contributed by atoms with Gasteiger partial charge in [0.2, 0.25) is 0 Å². The molecule has 2 amide bonds. The van der Waals surface area contributed by atoms with Gasteiger partial charge in [0.1, 0.15) is 11.4 Å². The van der Waals surface area contributed by atoms with Crippen LogP contribution in [0, 0.1) is 0 Å². The number of carbonyl (C=O) groups is 2. The van der Waals surface area contributed by atoms with Gasteiger partial charge in [-0.15, -0.1) is 0 Å². The molecule has 0 saturated heterocycles. The van der Waals surface area contributed by atoms with Gasteiger partial charge in [-0.2, -0.15) is 0 Å². The lowest BCUT2D eigenvalue weighted by atomic mass is 10.1. The maximum absolute atomic E-state index is 12.5. The minimum Gasteiger partial charge on any atom is -0.497 e. The number of hydrogen-bond acceptors (Lipinski definition) is 4. The maximum Gasteiger partial charge on any atom is 0.275 e. The van der Waals surface area contributed by atoms with Crippen LogP contribution in [0.3, 0.4) is 0 Å². The second-order valence-electron chi connectivity index (χ2n) is 7.82. The van der Waals surface area contributed by atoms with E-state index in [0.29, 0.717) is 29.2 Å². The highest BCUT2D eigenvalue weighted by molar-refractivity contribution is 6.04. The average molecular weight is 455 g/mol.